The van der Waals surface area contributed by atoms with E-state index in [0.717, 1.165) is 11.1 Å². The van der Waals surface area contributed by atoms with E-state index in [2.05, 4.69) is 5.32 Å². The largest absolute Gasteiger partial charge is 0.374 e. The topological polar surface area (TPSA) is 77.0 Å². The average molecular weight is 385 g/mol. The molecule has 0 saturated carbocycles. The Bertz CT molecular complexity index is 724. The summed E-state index contributed by atoms with van der Waals surface area (Å²) in [6, 6.07) is 19.1. The number of amides is 1. The quantitative estimate of drug-likeness (QED) is 0.730. The van der Waals surface area contributed by atoms with Gasteiger partial charge in [-0.3, -0.25) is 4.79 Å². The van der Waals surface area contributed by atoms with E-state index in [0.29, 0.717) is 26.2 Å². The Labute approximate surface area is 165 Å². The molecule has 1 aliphatic heterocycles. The number of carbonyl (C=O) groups excluding carboxylic acids is 1. The van der Waals surface area contributed by atoms with Crippen molar-refractivity contribution in [1.29, 1.82) is 0 Å². The SMILES string of the molecule is CC(=O)N[C@H]1[C@H](O)O[C@H](COCc2ccccc2)C[C@@H]1OCc1ccccc1. The molecular formula is C22H27NO5. The van der Waals surface area contributed by atoms with Gasteiger partial charge < -0.3 is 24.6 Å². The second kappa shape index (κ2) is 10.3. The summed E-state index contributed by atoms with van der Waals surface area (Å²) >= 11 is 0. The van der Waals surface area contributed by atoms with Crippen LogP contribution < -0.4 is 5.32 Å². The standard InChI is InChI=1S/C22H27NO5/c1-16(24)23-21-20(27-14-18-10-6-3-7-11-18)12-19(28-22(21)25)15-26-13-17-8-4-2-5-9-17/h2-11,19-22,25H,12-15H2,1H3,(H,23,24)/t19-,20-,21+,22+/m0/s1. The Kier molecular flexibility index (Phi) is 7.56. The Morgan fingerprint density at radius 3 is 2.29 bits per heavy atom. The minimum absolute atomic E-state index is 0.236. The predicted molar refractivity (Wildman–Crippen MR) is 104 cm³/mol. The zero-order valence-corrected chi connectivity index (χ0v) is 16.0. The van der Waals surface area contributed by atoms with Crippen LogP contribution in [0.25, 0.3) is 0 Å². The lowest BCUT2D eigenvalue weighted by atomic mass is 9.99. The molecule has 1 aliphatic rings. The molecule has 1 saturated heterocycles. The number of hydrogen-bond acceptors (Lipinski definition) is 5. The van der Waals surface area contributed by atoms with Gasteiger partial charge >= 0.3 is 0 Å². The monoisotopic (exact) mass is 385 g/mol. The average Bonchev–Trinajstić information content (AvgIpc) is 2.70. The van der Waals surface area contributed by atoms with Crippen LogP contribution in [0.3, 0.4) is 0 Å². The summed E-state index contributed by atoms with van der Waals surface area (Å²) in [4.78, 5) is 11.5. The molecule has 0 unspecified atom stereocenters. The molecule has 6 nitrogen and oxygen atoms in total. The van der Waals surface area contributed by atoms with Crippen LogP contribution in [-0.4, -0.2) is 42.2 Å². The molecule has 1 amide bonds. The molecule has 0 aliphatic carbocycles. The molecule has 4 atom stereocenters. The molecule has 0 radical (unpaired) electrons. The molecule has 2 aromatic carbocycles. The second-order valence-corrected chi connectivity index (χ2v) is 6.95. The molecule has 0 bridgehead atoms. The zero-order valence-electron chi connectivity index (χ0n) is 16.0. The first kappa shape index (κ1) is 20.5. The summed E-state index contributed by atoms with van der Waals surface area (Å²) in [5.74, 6) is -0.236. The highest BCUT2D eigenvalue weighted by Gasteiger charge is 2.39. The van der Waals surface area contributed by atoms with E-state index in [1.807, 2.05) is 60.7 Å². The Balaban J connectivity index is 1.57. The van der Waals surface area contributed by atoms with Crippen LogP contribution in [0.5, 0.6) is 0 Å². The van der Waals surface area contributed by atoms with Crippen LogP contribution in [0.4, 0.5) is 0 Å². The lowest BCUT2D eigenvalue weighted by Gasteiger charge is -2.39. The predicted octanol–water partition coefficient (Wildman–Crippen LogP) is 2.40. The summed E-state index contributed by atoms with van der Waals surface area (Å²) in [7, 11) is 0. The molecule has 2 aromatic rings. The fourth-order valence-corrected chi connectivity index (χ4v) is 3.26. The number of aliphatic hydroxyl groups excluding tert-OH is 1. The van der Waals surface area contributed by atoms with Crippen molar-refractivity contribution in [2.24, 2.45) is 0 Å². The summed E-state index contributed by atoms with van der Waals surface area (Å²) in [5.41, 5.74) is 2.11. The lowest BCUT2D eigenvalue weighted by Crippen LogP contribution is -2.58. The van der Waals surface area contributed by atoms with Gasteiger partial charge in [0, 0.05) is 13.3 Å². The van der Waals surface area contributed by atoms with Gasteiger partial charge in [0.2, 0.25) is 5.91 Å². The number of nitrogens with one attached hydrogen (secondary N) is 1. The van der Waals surface area contributed by atoms with Gasteiger partial charge in [0.15, 0.2) is 6.29 Å². The Hall–Kier alpha value is -2.25. The number of carbonyl (C=O) groups is 1. The Morgan fingerprint density at radius 2 is 1.68 bits per heavy atom. The third kappa shape index (κ3) is 6.14. The van der Waals surface area contributed by atoms with Crippen molar-refractivity contribution in [3.05, 3.63) is 71.8 Å². The molecule has 2 N–H and O–H groups in total. The van der Waals surface area contributed by atoms with Crippen molar-refractivity contribution in [1.82, 2.24) is 5.32 Å². The maximum Gasteiger partial charge on any atom is 0.217 e. The van der Waals surface area contributed by atoms with Crippen LogP contribution in [0, 0.1) is 0 Å². The van der Waals surface area contributed by atoms with E-state index in [9.17, 15) is 9.90 Å². The van der Waals surface area contributed by atoms with Gasteiger partial charge in [-0.1, -0.05) is 60.7 Å². The van der Waals surface area contributed by atoms with Gasteiger partial charge in [-0.2, -0.15) is 0 Å². The lowest BCUT2D eigenvalue weighted by molar-refractivity contribution is -0.227. The van der Waals surface area contributed by atoms with Crippen LogP contribution in [0.1, 0.15) is 24.5 Å². The highest BCUT2D eigenvalue weighted by atomic mass is 16.6. The van der Waals surface area contributed by atoms with E-state index in [1.165, 1.54) is 6.92 Å². The summed E-state index contributed by atoms with van der Waals surface area (Å²) in [6.07, 6.45) is -1.32. The van der Waals surface area contributed by atoms with E-state index < -0.39 is 12.3 Å². The van der Waals surface area contributed by atoms with E-state index in [-0.39, 0.29) is 18.1 Å². The van der Waals surface area contributed by atoms with Gasteiger partial charge in [-0.15, -0.1) is 0 Å². The molecule has 1 fully saturated rings. The number of aliphatic hydroxyl groups is 1. The third-order valence-corrected chi connectivity index (χ3v) is 4.63. The van der Waals surface area contributed by atoms with E-state index >= 15 is 0 Å². The van der Waals surface area contributed by atoms with Crippen LogP contribution >= 0.6 is 0 Å². The van der Waals surface area contributed by atoms with E-state index in [4.69, 9.17) is 14.2 Å². The summed E-state index contributed by atoms with van der Waals surface area (Å²) < 4.78 is 17.4. The minimum atomic E-state index is -1.15. The third-order valence-electron chi connectivity index (χ3n) is 4.63. The van der Waals surface area contributed by atoms with Crippen molar-refractivity contribution < 1.29 is 24.1 Å². The van der Waals surface area contributed by atoms with Crippen molar-refractivity contribution in [2.45, 2.75) is 51.1 Å². The van der Waals surface area contributed by atoms with Crippen LogP contribution in [0.2, 0.25) is 0 Å². The number of rotatable bonds is 8. The van der Waals surface area contributed by atoms with Gasteiger partial charge in [0.05, 0.1) is 32.0 Å². The fourth-order valence-electron chi connectivity index (χ4n) is 3.26. The summed E-state index contributed by atoms with van der Waals surface area (Å²) in [5, 5.41) is 13.1. The van der Waals surface area contributed by atoms with Crippen LogP contribution in [0.15, 0.2) is 60.7 Å². The van der Waals surface area contributed by atoms with Crippen molar-refractivity contribution >= 4 is 5.91 Å². The molecule has 3 rings (SSSR count). The van der Waals surface area contributed by atoms with Gasteiger partial charge in [-0.25, -0.2) is 0 Å². The molecule has 0 spiro atoms. The molecule has 6 heteroatoms. The molecular weight excluding hydrogens is 358 g/mol. The van der Waals surface area contributed by atoms with Crippen molar-refractivity contribution in [3.63, 3.8) is 0 Å². The van der Waals surface area contributed by atoms with Crippen LogP contribution in [-0.2, 0) is 32.2 Å². The van der Waals surface area contributed by atoms with Gasteiger partial charge in [-0.05, 0) is 11.1 Å². The smallest absolute Gasteiger partial charge is 0.217 e. The highest BCUT2D eigenvalue weighted by molar-refractivity contribution is 5.73. The first-order chi connectivity index (χ1) is 13.6. The normalized spacial score (nSPS) is 24.6. The Morgan fingerprint density at radius 1 is 1.07 bits per heavy atom. The second-order valence-electron chi connectivity index (χ2n) is 6.95. The fraction of sp³-hybridized carbons (Fsp3) is 0.409. The zero-order chi connectivity index (χ0) is 19.8. The first-order valence-electron chi connectivity index (χ1n) is 9.49. The summed E-state index contributed by atoms with van der Waals surface area (Å²) in [6.45, 7) is 2.62. The number of ether oxygens (including phenoxy) is 3. The minimum Gasteiger partial charge on any atom is -0.374 e. The van der Waals surface area contributed by atoms with Crippen molar-refractivity contribution in [2.75, 3.05) is 6.61 Å². The van der Waals surface area contributed by atoms with E-state index in [1.54, 1.807) is 0 Å². The molecule has 0 aromatic heterocycles. The number of hydrogen-bond donors (Lipinski definition) is 2. The first-order valence-corrected chi connectivity index (χ1v) is 9.49. The highest BCUT2D eigenvalue weighted by Crippen LogP contribution is 2.23. The van der Waals surface area contributed by atoms with Crippen molar-refractivity contribution in [3.8, 4) is 0 Å². The van der Waals surface area contributed by atoms with Gasteiger partial charge in [0.1, 0.15) is 6.04 Å². The molecule has 1 heterocycles. The molecule has 28 heavy (non-hydrogen) atoms. The maximum absolute atomic E-state index is 11.5. The maximum atomic E-state index is 11.5. The van der Waals surface area contributed by atoms with Gasteiger partial charge in [0.25, 0.3) is 0 Å². The number of benzene rings is 2. The molecule has 150 valence electrons.